The van der Waals surface area contributed by atoms with Crippen LogP contribution in [-0.4, -0.2) is 38.5 Å². The van der Waals surface area contributed by atoms with E-state index in [0.29, 0.717) is 27.1 Å². The van der Waals surface area contributed by atoms with Crippen LogP contribution in [0.25, 0.3) is 0 Å². The average Bonchev–Trinajstić information content (AvgIpc) is 2.70. The van der Waals surface area contributed by atoms with E-state index in [4.69, 9.17) is 49.0 Å². The minimum atomic E-state index is -0.580. The summed E-state index contributed by atoms with van der Waals surface area (Å²) in [5.74, 6) is -0.127. The van der Waals surface area contributed by atoms with E-state index < -0.39 is 18.5 Å². The zero-order valence-corrected chi connectivity index (χ0v) is 18.0. The zero-order chi connectivity index (χ0) is 20.7. The quantitative estimate of drug-likeness (QED) is 0.339. The molecule has 2 aromatic rings. The predicted octanol–water partition coefficient (Wildman–Crippen LogP) is 4.94. The smallest absolute Gasteiger partial charge is 0.316 e. The molecule has 0 spiro atoms. The van der Waals surface area contributed by atoms with Crippen LogP contribution in [-0.2, 0) is 14.3 Å². The molecule has 28 heavy (non-hydrogen) atoms. The number of halogens is 3. The van der Waals surface area contributed by atoms with Crippen LogP contribution in [0.1, 0.15) is 0 Å². The van der Waals surface area contributed by atoms with Crippen LogP contribution in [0.15, 0.2) is 35.2 Å². The molecule has 0 radical (unpaired) electrons. The van der Waals surface area contributed by atoms with E-state index in [-0.39, 0.29) is 15.8 Å². The number of nitrogens with one attached hydrogen (secondary N) is 1. The Morgan fingerprint density at radius 3 is 2.46 bits per heavy atom. The van der Waals surface area contributed by atoms with Gasteiger partial charge >= 0.3 is 5.97 Å². The summed E-state index contributed by atoms with van der Waals surface area (Å²) in [6.07, 6.45) is 0. The molecule has 0 fully saturated rings. The molecule has 2 aromatic carbocycles. The SMILES string of the molecule is COc1ccc(NC(=O)COC(=O)CSc2ccc(Cl)c(Cl)c2Cl)c(OC)c1. The number of esters is 1. The van der Waals surface area contributed by atoms with Crippen LogP contribution in [0.2, 0.25) is 15.1 Å². The van der Waals surface area contributed by atoms with Gasteiger partial charge in [-0.3, -0.25) is 9.59 Å². The highest BCUT2D eigenvalue weighted by Gasteiger charge is 2.14. The van der Waals surface area contributed by atoms with Gasteiger partial charge in [0, 0.05) is 11.0 Å². The summed E-state index contributed by atoms with van der Waals surface area (Å²) in [4.78, 5) is 24.5. The van der Waals surface area contributed by atoms with Crippen LogP contribution in [0.4, 0.5) is 5.69 Å². The van der Waals surface area contributed by atoms with Crippen molar-refractivity contribution in [2.24, 2.45) is 0 Å². The highest BCUT2D eigenvalue weighted by Crippen LogP contribution is 2.37. The maximum absolute atomic E-state index is 12.0. The Bertz CT molecular complexity index is 879. The average molecular weight is 465 g/mol. The van der Waals surface area contributed by atoms with E-state index in [2.05, 4.69) is 5.32 Å². The summed E-state index contributed by atoms with van der Waals surface area (Å²) in [6.45, 7) is -0.441. The fraction of sp³-hybridized carbons (Fsp3) is 0.222. The van der Waals surface area contributed by atoms with Crippen molar-refractivity contribution in [2.45, 2.75) is 4.90 Å². The van der Waals surface area contributed by atoms with Crippen molar-refractivity contribution < 1.29 is 23.8 Å². The lowest BCUT2D eigenvalue weighted by Gasteiger charge is -2.12. The van der Waals surface area contributed by atoms with Gasteiger partial charge in [0.05, 0.1) is 40.7 Å². The number of anilines is 1. The minimum absolute atomic E-state index is 0.0448. The fourth-order valence-electron chi connectivity index (χ4n) is 2.03. The van der Waals surface area contributed by atoms with E-state index in [1.54, 1.807) is 30.3 Å². The fourth-order valence-corrected chi connectivity index (χ4v) is 3.54. The standard InChI is InChI=1S/C18H16Cl3NO5S/c1-25-10-3-5-12(13(7-10)26-2)22-15(23)8-27-16(24)9-28-14-6-4-11(19)17(20)18(14)21/h3-7H,8-9H2,1-2H3,(H,22,23). The second kappa shape index (κ2) is 10.7. The van der Waals surface area contributed by atoms with Crippen molar-refractivity contribution >= 4 is 64.1 Å². The van der Waals surface area contributed by atoms with Crippen LogP contribution >= 0.6 is 46.6 Å². The Hall–Kier alpha value is -1.80. The molecule has 150 valence electrons. The molecule has 6 nitrogen and oxygen atoms in total. The predicted molar refractivity (Wildman–Crippen MR) is 111 cm³/mol. The van der Waals surface area contributed by atoms with Crippen molar-refractivity contribution in [3.05, 3.63) is 45.4 Å². The Morgan fingerprint density at radius 1 is 1.04 bits per heavy atom. The Balaban J connectivity index is 1.84. The molecule has 0 heterocycles. The molecule has 0 bridgehead atoms. The molecule has 0 aliphatic heterocycles. The number of hydrogen-bond donors (Lipinski definition) is 1. The maximum Gasteiger partial charge on any atom is 0.316 e. The van der Waals surface area contributed by atoms with Crippen molar-refractivity contribution in [1.29, 1.82) is 0 Å². The van der Waals surface area contributed by atoms with E-state index in [0.717, 1.165) is 11.8 Å². The summed E-state index contributed by atoms with van der Waals surface area (Å²) in [7, 11) is 2.99. The molecule has 1 amide bonds. The van der Waals surface area contributed by atoms with Gasteiger partial charge in [0.25, 0.3) is 5.91 Å². The summed E-state index contributed by atoms with van der Waals surface area (Å²) in [5, 5.41) is 3.41. The Kier molecular flexibility index (Phi) is 8.57. The lowest BCUT2D eigenvalue weighted by Crippen LogP contribution is -2.21. The Morgan fingerprint density at radius 2 is 1.79 bits per heavy atom. The molecule has 0 aromatic heterocycles. The first-order chi connectivity index (χ1) is 13.3. The normalized spacial score (nSPS) is 10.3. The number of benzene rings is 2. The van der Waals surface area contributed by atoms with E-state index >= 15 is 0 Å². The van der Waals surface area contributed by atoms with Crippen LogP contribution in [0.5, 0.6) is 11.5 Å². The van der Waals surface area contributed by atoms with Gasteiger partial charge in [0.1, 0.15) is 11.5 Å². The number of carbonyl (C=O) groups is 2. The lowest BCUT2D eigenvalue weighted by molar-refractivity contribution is -0.144. The van der Waals surface area contributed by atoms with Crippen molar-refractivity contribution in [1.82, 2.24) is 0 Å². The number of ether oxygens (including phenoxy) is 3. The number of rotatable bonds is 8. The summed E-state index contributed by atoms with van der Waals surface area (Å²) in [6, 6.07) is 8.15. The third-order valence-electron chi connectivity index (χ3n) is 3.39. The van der Waals surface area contributed by atoms with Crippen LogP contribution in [0, 0.1) is 0 Å². The van der Waals surface area contributed by atoms with E-state index in [1.807, 2.05) is 0 Å². The zero-order valence-electron chi connectivity index (χ0n) is 14.9. The number of amides is 1. The largest absolute Gasteiger partial charge is 0.497 e. The second-order valence-corrected chi connectivity index (χ2v) is 7.42. The van der Waals surface area contributed by atoms with Gasteiger partial charge < -0.3 is 19.5 Å². The number of hydrogen-bond acceptors (Lipinski definition) is 6. The van der Waals surface area contributed by atoms with Gasteiger partial charge in [0.2, 0.25) is 0 Å². The van der Waals surface area contributed by atoms with Gasteiger partial charge in [-0.25, -0.2) is 0 Å². The van der Waals surface area contributed by atoms with E-state index in [9.17, 15) is 9.59 Å². The third-order valence-corrected chi connectivity index (χ3v) is 5.83. The molecule has 0 aliphatic carbocycles. The molecular formula is C18H16Cl3NO5S. The van der Waals surface area contributed by atoms with Crippen LogP contribution < -0.4 is 14.8 Å². The molecule has 1 N–H and O–H groups in total. The minimum Gasteiger partial charge on any atom is -0.497 e. The molecule has 0 saturated carbocycles. The summed E-state index contributed by atoms with van der Waals surface area (Å²) in [5.41, 5.74) is 0.432. The Labute approximate surface area is 181 Å². The highest BCUT2D eigenvalue weighted by molar-refractivity contribution is 8.00. The topological polar surface area (TPSA) is 73.9 Å². The molecule has 0 saturated heterocycles. The first kappa shape index (κ1) is 22.5. The first-order valence-electron chi connectivity index (χ1n) is 7.79. The summed E-state index contributed by atoms with van der Waals surface area (Å²) >= 11 is 19.0. The van der Waals surface area contributed by atoms with Crippen molar-refractivity contribution in [3.63, 3.8) is 0 Å². The van der Waals surface area contributed by atoms with Gasteiger partial charge in [0.15, 0.2) is 6.61 Å². The van der Waals surface area contributed by atoms with Gasteiger partial charge in [-0.1, -0.05) is 34.8 Å². The van der Waals surface area contributed by atoms with Crippen molar-refractivity contribution in [3.8, 4) is 11.5 Å². The van der Waals surface area contributed by atoms with Gasteiger partial charge in [-0.05, 0) is 24.3 Å². The molecule has 0 aliphatic rings. The monoisotopic (exact) mass is 463 g/mol. The summed E-state index contributed by atoms with van der Waals surface area (Å²) < 4.78 is 15.3. The molecule has 10 heteroatoms. The third kappa shape index (κ3) is 6.10. The van der Waals surface area contributed by atoms with Gasteiger partial charge in [-0.2, -0.15) is 0 Å². The molecule has 0 atom stereocenters. The lowest BCUT2D eigenvalue weighted by atomic mass is 10.2. The number of methoxy groups -OCH3 is 2. The molecule has 0 unspecified atom stereocenters. The molecular weight excluding hydrogens is 449 g/mol. The number of thioether (sulfide) groups is 1. The van der Waals surface area contributed by atoms with E-state index in [1.165, 1.54) is 14.2 Å². The van der Waals surface area contributed by atoms with Crippen molar-refractivity contribution in [2.75, 3.05) is 31.9 Å². The molecule has 2 rings (SSSR count). The second-order valence-electron chi connectivity index (χ2n) is 5.24. The van der Waals surface area contributed by atoms with Crippen LogP contribution in [0.3, 0.4) is 0 Å². The first-order valence-corrected chi connectivity index (χ1v) is 9.91. The van der Waals surface area contributed by atoms with Gasteiger partial charge in [-0.15, -0.1) is 11.8 Å². The highest BCUT2D eigenvalue weighted by atomic mass is 35.5. The number of carbonyl (C=O) groups excluding carboxylic acids is 2. The maximum atomic E-state index is 12.0.